The van der Waals surface area contributed by atoms with E-state index in [1.807, 2.05) is 25.1 Å². The molecule has 1 N–H and O–H groups in total. The number of H-pyrrole nitrogens is 1. The zero-order valence-electron chi connectivity index (χ0n) is 16.8. The van der Waals surface area contributed by atoms with Crippen LogP contribution in [0.25, 0.3) is 0 Å². The van der Waals surface area contributed by atoms with Gasteiger partial charge in [-0.15, -0.1) is 0 Å². The van der Waals surface area contributed by atoms with Crippen LogP contribution in [-0.4, -0.2) is 74.6 Å². The number of morpholine rings is 1. The monoisotopic (exact) mass is 435 g/mol. The Morgan fingerprint density at radius 3 is 2.70 bits per heavy atom. The molecule has 0 bridgehead atoms. The lowest BCUT2D eigenvalue weighted by atomic mass is 10.1. The maximum Gasteiger partial charge on any atom is 0.270 e. The summed E-state index contributed by atoms with van der Waals surface area (Å²) in [6.45, 7) is 4.95. The van der Waals surface area contributed by atoms with E-state index in [-0.39, 0.29) is 16.5 Å². The van der Waals surface area contributed by atoms with E-state index in [0.29, 0.717) is 64.1 Å². The topological polar surface area (TPSA) is 101 Å². The minimum atomic E-state index is -3.66. The molecule has 2 aromatic rings. The SMILES string of the molecule is CCN(Cc1cccc2c1OCCO2)C(=O)c1cc(S(=O)(=O)N2CCOCC2)c[nH]1. The van der Waals surface area contributed by atoms with Crippen LogP contribution in [0, 0.1) is 0 Å². The van der Waals surface area contributed by atoms with E-state index < -0.39 is 10.0 Å². The highest BCUT2D eigenvalue weighted by atomic mass is 32.2. The van der Waals surface area contributed by atoms with Crippen molar-refractivity contribution in [2.75, 3.05) is 46.1 Å². The van der Waals surface area contributed by atoms with Gasteiger partial charge < -0.3 is 24.1 Å². The molecular weight excluding hydrogens is 410 g/mol. The van der Waals surface area contributed by atoms with Crippen LogP contribution in [0.15, 0.2) is 35.4 Å². The van der Waals surface area contributed by atoms with E-state index in [1.165, 1.54) is 16.6 Å². The Bertz CT molecular complexity index is 1010. The highest BCUT2D eigenvalue weighted by Crippen LogP contribution is 2.34. The summed E-state index contributed by atoms with van der Waals surface area (Å²) in [5, 5.41) is 0. The summed E-state index contributed by atoms with van der Waals surface area (Å²) in [5.74, 6) is 1.04. The molecule has 162 valence electrons. The van der Waals surface area contributed by atoms with E-state index in [1.54, 1.807) is 4.90 Å². The lowest BCUT2D eigenvalue weighted by Gasteiger charge is -2.25. The largest absolute Gasteiger partial charge is 0.486 e. The predicted molar refractivity (Wildman–Crippen MR) is 108 cm³/mol. The van der Waals surface area contributed by atoms with Crippen molar-refractivity contribution in [1.82, 2.24) is 14.2 Å². The van der Waals surface area contributed by atoms with Crippen molar-refractivity contribution < 1.29 is 27.4 Å². The standard InChI is InChI=1S/C20H25N3O6S/c1-2-22(14-15-4-3-5-18-19(15)29-11-10-28-18)20(24)17-12-16(13-21-17)30(25,26)23-6-8-27-9-7-23/h3-5,12-13,21H,2,6-11,14H2,1H3. The fraction of sp³-hybridized carbons (Fsp3) is 0.450. The van der Waals surface area contributed by atoms with Crippen LogP contribution in [0.2, 0.25) is 0 Å². The second-order valence-corrected chi connectivity index (χ2v) is 8.96. The van der Waals surface area contributed by atoms with Gasteiger partial charge in [0.2, 0.25) is 10.0 Å². The number of nitrogens with zero attached hydrogens (tertiary/aromatic N) is 2. The molecule has 1 fully saturated rings. The minimum absolute atomic E-state index is 0.0811. The summed E-state index contributed by atoms with van der Waals surface area (Å²) in [6, 6.07) is 7.00. The number of hydrogen-bond donors (Lipinski definition) is 1. The Balaban J connectivity index is 1.52. The number of aromatic nitrogens is 1. The molecule has 3 heterocycles. The maximum absolute atomic E-state index is 13.1. The number of benzene rings is 1. The van der Waals surface area contributed by atoms with Crippen LogP contribution in [0.5, 0.6) is 11.5 Å². The molecule has 1 aromatic carbocycles. The number of sulfonamides is 1. The number of amides is 1. The molecule has 0 unspecified atom stereocenters. The van der Waals surface area contributed by atoms with Crippen LogP contribution in [0.1, 0.15) is 23.0 Å². The number of para-hydroxylation sites is 1. The molecule has 2 aliphatic heterocycles. The average Bonchev–Trinajstić information content (AvgIpc) is 3.29. The van der Waals surface area contributed by atoms with E-state index >= 15 is 0 Å². The summed E-state index contributed by atoms with van der Waals surface area (Å²) >= 11 is 0. The second kappa shape index (κ2) is 8.66. The first-order valence-corrected chi connectivity index (χ1v) is 11.4. The van der Waals surface area contributed by atoms with Gasteiger partial charge in [0.05, 0.1) is 13.2 Å². The zero-order valence-corrected chi connectivity index (χ0v) is 17.6. The molecule has 4 rings (SSSR count). The van der Waals surface area contributed by atoms with Gasteiger partial charge in [0.1, 0.15) is 23.8 Å². The third kappa shape index (κ3) is 4.03. The van der Waals surface area contributed by atoms with Crippen LogP contribution < -0.4 is 9.47 Å². The summed E-state index contributed by atoms with van der Waals surface area (Å²) in [4.78, 5) is 17.6. The second-order valence-electron chi connectivity index (χ2n) is 7.03. The van der Waals surface area contributed by atoms with Crippen molar-refractivity contribution in [3.05, 3.63) is 41.7 Å². The van der Waals surface area contributed by atoms with Crippen LogP contribution in [-0.2, 0) is 21.3 Å². The van der Waals surface area contributed by atoms with Crippen LogP contribution in [0.3, 0.4) is 0 Å². The van der Waals surface area contributed by atoms with E-state index in [0.717, 1.165) is 5.56 Å². The van der Waals surface area contributed by atoms with Crippen molar-refractivity contribution in [3.63, 3.8) is 0 Å². The number of rotatable bonds is 6. The third-order valence-electron chi connectivity index (χ3n) is 5.17. The van der Waals surface area contributed by atoms with Crippen LogP contribution >= 0.6 is 0 Å². The average molecular weight is 436 g/mol. The summed E-state index contributed by atoms with van der Waals surface area (Å²) in [6.07, 6.45) is 1.37. The van der Waals surface area contributed by atoms with Gasteiger partial charge in [0.15, 0.2) is 11.5 Å². The van der Waals surface area contributed by atoms with Crippen molar-refractivity contribution in [2.24, 2.45) is 0 Å². The van der Waals surface area contributed by atoms with Gasteiger partial charge in [0, 0.05) is 37.9 Å². The van der Waals surface area contributed by atoms with Crippen molar-refractivity contribution in [2.45, 2.75) is 18.4 Å². The number of ether oxygens (including phenoxy) is 3. The van der Waals surface area contributed by atoms with Gasteiger partial charge in [-0.25, -0.2) is 8.42 Å². The smallest absolute Gasteiger partial charge is 0.270 e. The van der Waals surface area contributed by atoms with Gasteiger partial charge in [-0.2, -0.15) is 4.31 Å². The lowest BCUT2D eigenvalue weighted by Crippen LogP contribution is -2.40. The third-order valence-corrected chi connectivity index (χ3v) is 7.05. The molecule has 0 saturated carbocycles. The zero-order chi connectivity index (χ0) is 21.1. The number of hydrogen-bond acceptors (Lipinski definition) is 6. The first kappa shape index (κ1) is 20.7. The Morgan fingerprint density at radius 1 is 1.17 bits per heavy atom. The number of carbonyl (C=O) groups excluding carboxylic acids is 1. The molecule has 30 heavy (non-hydrogen) atoms. The Labute approximate surface area is 175 Å². The number of carbonyl (C=O) groups is 1. The quantitative estimate of drug-likeness (QED) is 0.737. The first-order valence-electron chi connectivity index (χ1n) is 9.94. The van der Waals surface area contributed by atoms with Gasteiger partial charge in [-0.3, -0.25) is 4.79 Å². The Morgan fingerprint density at radius 2 is 1.93 bits per heavy atom. The number of fused-ring (bicyclic) bond motifs is 1. The summed E-state index contributed by atoms with van der Waals surface area (Å²) in [5.41, 5.74) is 1.07. The van der Waals surface area contributed by atoms with Gasteiger partial charge in [-0.05, 0) is 19.1 Å². The van der Waals surface area contributed by atoms with Gasteiger partial charge >= 0.3 is 0 Å². The van der Waals surface area contributed by atoms with E-state index in [9.17, 15) is 13.2 Å². The van der Waals surface area contributed by atoms with Crippen molar-refractivity contribution >= 4 is 15.9 Å². The molecule has 1 aromatic heterocycles. The fourth-order valence-corrected chi connectivity index (χ4v) is 4.95. The lowest BCUT2D eigenvalue weighted by molar-refractivity contribution is 0.0729. The Kier molecular flexibility index (Phi) is 5.98. The van der Waals surface area contributed by atoms with E-state index in [4.69, 9.17) is 14.2 Å². The number of nitrogens with one attached hydrogen (secondary N) is 1. The fourth-order valence-electron chi connectivity index (χ4n) is 3.54. The van der Waals surface area contributed by atoms with Gasteiger partial charge in [-0.1, -0.05) is 12.1 Å². The van der Waals surface area contributed by atoms with Crippen LogP contribution in [0.4, 0.5) is 0 Å². The molecule has 1 amide bonds. The highest BCUT2D eigenvalue weighted by Gasteiger charge is 2.29. The Hall–Kier alpha value is -2.56. The summed E-state index contributed by atoms with van der Waals surface area (Å²) in [7, 11) is -3.66. The number of aromatic amines is 1. The predicted octanol–water partition coefficient (Wildman–Crippen LogP) is 1.47. The maximum atomic E-state index is 13.1. The molecule has 0 aliphatic carbocycles. The van der Waals surface area contributed by atoms with Crippen molar-refractivity contribution in [3.8, 4) is 11.5 Å². The molecule has 0 radical (unpaired) electrons. The molecule has 10 heteroatoms. The van der Waals surface area contributed by atoms with Crippen molar-refractivity contribution in [1.29, 1.82) is 0 Å². The van der Waals surface area contributed by atoms with Gasteiger partial charge in [0.25, 0.3) is 5.91 Å². The molecule has 9 nitrogen and oxygen atoms in total. The molecular formula is C20H25N3O6S. The molecule has 2 aliphatic rings. The molecule has 0 spiro atoms. The summed E-state index contributed by atoms with van der Waals surface area (Å²) < 4.78 is 43.6. The normalized spacial score (nSPS) is 17.0. The molecule has 0 atom stereocenters. The molecule has 1 saturated heterocycles. The van der Waals surface area contributed by atoms with E-state index in [2.05, 4.69) is 4.98 Å². The first-order chi connectivity index (χ1) is 14.5. The highest BCUT2D eigenvalue weighted by molar-refractivity contribution is 7.89. The minimum Gasteiger partial charge on any atom is -0.486 e.